The number of ether oxygens (including phenoxy) is 2. The van der Waals surface area contributed by atoms with Crippen molar-refractivity contribution >= 4 is 32.9 Å². The number of rotatable bonds is 6. The van der Waals surface area contributed by atoms with Crippen LogP contribution >= 0.6 is 15.9 Å². The summed E-state index contributed by atoms with van der Waals surface area (Å²) in [5.74, 6) is 0.154. The van der Waals surface area contributed by atoms with Crippen LogP contribution in [0.15, 0.2) is 51.6 Å². The second-order valence-electron chi connectivity index (χ2n) is 5.61. The predicted octanol–water partition coefficient (Wildman–Crippen LogP) is 4.75. The first-order valence-electron chi connectivity index (χ1n) is 8.07. The molecular formula is C20H16BrNO4. The van der Waals surface area contributed by atoms with Gasteiger partial charge in [-0.1, -0.05) is 22.0 Å². The van der Waals surface area contributed by atoms with Gasteiger partial charge in [-0.05, 0) is 37.3 Å². The number of hydrogen-bond donors (Lipinski definition) is 0. The molecule has 0 bridgehead atoms. The second kappa shape index (κ2) is 8.07. The summed E-state index contributed by atoms with van der Waals surface area (Å²) >= 11 is 3.45. The summed E-state index contributed by atoms with van der Waals surface area (Å²) in [6, 6.07) is 12.8. The van der Waals surface area contributed by atoms with Gasteiger partial charge in [0.15, 0.2) is 0 Å². The van der Waals surface area contributed by atoms with Crippen LogP contribution in [0, 0.1) is 11.3 Å². The number of carbonyl (C=O) groups excluding carboxylic acids is 1. The molecule has 132 valence electrons. The Labute approximate surface area is 159 Å². The van der Waals surface area contributed by atoms with Crippen molar-refractivity contribution in [3.8, 4) is 11.8 Å². The zero-order valence-electron chi connectivity index (χ0n) is 14.1. The molecule has 0 fully saturated rings. The van der Waals surface area contributed by atoms with Crippen molar-refractivity contribution < 1.29 is 18.7 Å². The number of esters is 1. The molecule has 0 spiro atoms. The summed E-state index contributed by atoms with van der Waals surface area (Å²) in [6.45, 7) is 2.34. The molecule has 0 unspecified atom stereocenters. The van der Waals surface area contributed by atoms with E-state index in [2.05, 4.69) is 22.0 Å². The molecule has 0 radical (unpaired) electrons. The van der Waals surface area contributed by atoms with Crippen LogP contribution in [0.4, 0.5) is 0 Å². The molecule has 2 aromatic carbocycles. The number of hydrogen-bond acceptors (Lipinski definition) is 5. The van der Waals surface area contributed by atoms with E-state index in [0.29, 0.717) is 23.5 Å². The molecule has 1 aromatic heterocycles. The number of fused-ring (bicyclic) bond motifs is 1. The van der Waals surface area contributed by atoms with Crippen LogP contribution < -0.4 is 4.74 Å². The largest absolute Gasteiger partial charge is 0.488 e. The van der Waals surface area contributed by atoms with Gasteiger partial charge in [0.2, 0.25) is 0 Å². The second-order valence-corrected chi connectivity index (χ2v) is 6.52. The normalized spacial score (nSPS) is 10.5. The molecular weight excluding hydrogens is 398 g/mol. The van der Waals surface area contributed by atoms with Crippen molar-refractivity contribution in [3.05, 3.63) is 63.8 Å². The molecule has 3 rings (SSSR count). The Bertz CT molecular complexity index is 987. The fourth-order valence-electron chi connectivity index (χ4n) is 2.59. The number of carbonyl (C=O) groups is 1. The lowest BCUT2D eigenvalue weighted by Crippen LogP contribution is -2.09. The van der Waals surface area contributed by atoms with Gasteiger partial charge in [0, 0.05) is 21.0 Å². The van der Waals surface area contributed by atoms with Crippen LogP contribution in [-0.2, 0) is 22.6 Å². The maximum Gasteiger partial charge on any atom is 0.310 e. The Kier molecular flexibility index (Phi) is 5.59. The number of furan rings is 1. The molecule has 0 amide bonds. The Morgan fingerprint density at radius 3 is 2.85 bits per heavy atom. The molecule has 0 atom stereocenters. The van der Waals surface area contributed by atoms with Gasteiger partial charge in [0.05, 0.1) is 30.9 Å². The maximum atomic E-state index is 11.8. The third-order valence-corrected chi connectivity index (χ3v) is 4.33. The highest BCUT2D eigenvalue weighted by Gasteiger charge is 2.13. The average molecular weight is 414 g/mol. The van der Waals surface area contributed by atoms with Crippen LogP contribution in [0.1, 0.15) is 23.6 Å². The summed E-state index contributed by atoms with van der Waals surface area (Å²) in [5.41, 5.74) is 2.79. The quantitative estimate of drug-likeness (QED) is 0.545. The average Bonchev–Trinajstić information content (AvgIpc) is 3.03. The monoisotopic (exact) mass is 413 g/mol. The lowest BCUT2D eigenvalue weighted by atomic mass is 10.1. The zero-order valence-corrected chi connectivity index (χ0v) is 15.7. The molecule has 26 heavy (non-hydrogen) atoms. The third-order valence-electron chi connectivity index (χ3n) is 3.84. The fourth-order valence-corrected chi connectivity index (χ4v) is 2.95. The predicted molar refractivity (Wildman–Crippen MR) is 99.7 cm³/mol. The van der Waals surface area contributed by atoms with Crippen LogP contribution in [0.25, 0.3) is 11.0 Å². The zero-order chi connectivity index (χ0) is 18.5. The number of halogens is 1. The van der Waals surface area contributed by atoms with E-state index in [-0.39, 0.29) is 19.0 Å². The Morgan fingerprint density at radius 1 is 1.23 bits per heavy atom. The maximum absolute atomic E-state index is 11.8. The molecule has 0 aliphatic heterocycles. The summed E-state index contributed by atoms with van der Waals surface area (Å²) in [5, 5.41) is 10.1. The first-order chi connectivity index (χ1) is 12.6. The number of nitrogens with zero attached hydrogens (tertiary/aromatic N) is 1. The molecule has 0 saturated carbocycles. The summed E-state index contributed by atoms with van der Waals surface area (Å²) in [6.07, 6.45) is 1.74. The van der Waals surface area contributed by atoms with Crippen molar-refractivity contribution in [2.45, 2.75) is 20.0 Å². The Hall–Kier alpha value is -2.78. The van der Waals surface area contributed by atoms with Gasteiger partial charge < -0.3 is 13.9 Å². The van der Waals surface area contributed by atoms with E-state index in [9.17, 15) is 4.79 Å². The molecule has 1 heterocycles. The van der Waals surface area contributed by atoms with Gasteiger partial charge in [0.1, 0.15) is 17.9 Å². The van der Waals surface area contributed by atoms with Gasteiger partial charge in [-0.2, -0.15) is 5.26 Å². The van der Waals surface area contributed by atoms with Gasteiger partial charge in [-0.15, -0.1) is 0 Å². The standard InChI is InChI=1S/C20H16BrNO4/c1-2-24-20(23)8-14-4-3-13(10-22)7-19(14)26-12-15-11-25-18-6-5-16(21)9-17(15)18/h3-7,9,11H,2,8,12H2,1H3. The van der Waals surface area contributed by atoms with Crippen LogP contribution in [-0.4, -0.2) is 12.6 Å². The first kappa shape index (κ1) is 18.0. The molecule has 6 heteroatoms. The van der Waals surface area contributed by atoms with E-state index in [1.54, 1.807) is 31.4 Å². The molecule has 0 aliphatic carbocycles. The molecule has 3 aromatic rings. The van der Waals surface area contributed by atoms with Gasteiger partial charge in [-0.3, -0.25) is 4.79 Å². The van der Waals surface area contributed by atoms with Crippen molar-refractivity contribution in [2.75, 3.05) is 6.61 Å². The van der Waals surface area contributed by atoms with Crippen LogP contribution in [0.2, 0.25) is 0 Å². The smallest absolute Gasteiger partial charge is 0.310 e. The fraction of sp³-hybridized carbons (Fsp3) is 0.200. The number of benzene rings is 2. The Balaban J connectivity index is 1.84. The molecule has 0 saturated heterocycles. The van der Waals surface area contributed by atoms with Gasteiger partial charge in [0.25, 0.3) is 0 Å². The number of nitriles is 1. The van der Waals surface area contributed by atoms with E-state index < -0.39 is 0 Å². The highest BCUT2D eigenvalue weighted by atomic mass is 79.9. The van der Waals surface area contributed by atoms with E-state index in [4.69, 9.17) is 19.2 Å². The highest BCUT2D eigenvalue weighted by molar-refractivity contribution is 9.10. The summed E-state index contributed by atoms with van der Waals surface area (Å²) in [4.78, 5) is 11.8. The van der Waals surface area contributed by atoms with Gasteiger partial charge >= 0.3 is 5.97 Å². The van der Waals surface area contributed by atoms with E-state index >= 15 is 0 Å². The van der Waals surface area contributed by atoms with E-state index in [1.807, 2.05) is 18.2 Å². The summed E-state index contributed by atoms with van der Waals surface area (Å²) in [7, 11) is 0. The van der Waals surface area contributed by atoms with Crippen molar-refractivity contribution in [3.63, 3.8) is 0 Å². The SMILES string of the molecule is CCOC(=O)Cc1ccc(C#N)cc1OCc1coc2ccc(Br)cc12. The highest BCUT2D eigenvalue weighted by Crippen LogP contribution is 2.27. The molecule has 0 aliphatic rings. The van der Waals surface area contributed by atoms with Gasteiger partial charge in [-0.25, -0.2) is 0 Å². The topological polar surface area (TPSA) is 72.5 Å². The van der Waals surface area contributed by atoms with Crippen molar-refractivity contribution in [2.24, 2.45) is 0 Å². The minimum Gasteiger partial charge on any atom is -0.488 e. The van der Waals surface area contributed by atoms with E-state index in [1.165, 1.54) is 0 Å². The van der Waals surface area contributed by atoms with Crippen molar-refractivity contribution in [1.82, 2.24) is 0 Å². The lowest BCUT2D eigenvalue weighted by Gasteiger charge is -2.11. The van der Waals surface area contributed by atoms with E-state index in [0.717, 1.165) is 21.0 Å². The third kappa shape index (κ3) is 4.06. The molecule has 5 nitrogen and oxygen atoms in total. The lowest BCUT2D eigenvalue weighted by molar-refractivity contribution is -0.142. The first-order valence-corrected chi connectivity index (χ1v) is 8.87. The minimum absolute atomic E-state index is 0.0898. The Morgan fingerprint density at radius 2 is 2.08 bits per heavy atom. The van der Waals surface area contributed by atoms with Crippen LogP contribution in [0.5, 0.6) is 5.75 Å². The minimum atomic E-state index is -0.334. The summed E-state index contributed by atoms with van der Waals surface area (Å²) < 4.78 is 17.4. The van der Waals surface area contributed by atoms with Crippen molar-refractivity contribution in [1.29, 1.82) is 5.26 Å². The van der Waals surface area contributed by atoms with Crippen LogP contribution in [0.3, 0.4) is 0 Å². The molecule has 0 N–H and O–H groups in total.